The smallest absolute Gasteiger partial charge is 0.132 e. The lowest BCUT2D eigenvalue weighted by Crippen LogP contribution is -2.13. The Labute approximate surface area is 75.6 Å². The quantitative estimate of drug-likeness (QED) is 0.639. The molecule has 0 heterocycles. The first kappa shape index (κ1) is 9.95. The zero-order valence-electron chi connectivity index (χ0n) is 7.29. The van der Waals surface area contributed by atoms with Crippen LogP contribution in [0, 0.1) is 12.7 Å². The molecule has 0 aliphatic rings. The van der Waals surface area contributed by atoms with Crippen molar-refractivity contribution in [2.24, 2.45) is 5.73 Å². The lowest BCUT2D eigenvalue weighted by atomic mass is 10.1. The maximum Gasteiger partial charge on any atom is 0.132 e. The minimum atomic E-state index is -1.06. The van der Waals surface area contributed by atoms with Crippen molar-refractivity contribution in [1.82, 2.24) is 0 Å². The van der Waals surface area contributed by atoms with E-state index in [1.807, 2.05) is 0 Å². The molecule has 4 heteroatoms. The molecule has 1 unspecified atom stereocenters. The molecule has 0 fully saturated rings. The monoisotopic (exact) mass is 185 g/mol. The molecular weight excluding hydrogens is 173 g/mol. The third-order valence-electron chi connectivity index (χ3n) is 1.85. The van der Waals surface area contributed by atoms with Gasteiger partial charge in [0.1, 0.15) is 11.6 Å². The van der Waals surface area contributed by atoms with E-state index in [0.29, 0.717) is 5.56 Å². The molecule has 0 radical (unpaired) electrons. The molecule has 0 aliphatic carbocycles. The van der Waals surface area contributed by atoms with Crippen LogP contribution in [0.3, 0.4) is 0 Å². The molecule has 4 N–H and O–H groups in total. The zero-order valence-corrected chi connectivity index (χ0v) is 7.29. The molecule has 0 aromatic heterocycles. The Kier molecular flexibility index (Phi) is 2.85. The molecule has 0 aliphatic heterocycles. The van der Waals surface area contributed by atoms with Gasteiger partial charge in [-0.3, -0.25) is 0 Å². The normalized spacial score (nSPS) is 12.9. The fourth-order valence-corrected chi connectivity index (χ4v) is 1.15. The summed E-state index contributed by atoms with van der Waals surface area (Å²) in [5.74, 6) is -0.586. The van der Waals surface area contributed by atoms with Gasteiger partial charge >= 0.3 is 0 Å². The third-order valence-corrected chi connectivity index (χ3v) is 1.85. The van der Waals surface area contributed by atoms with Crippen LogP contribution in [-0.2, 0) is 0 Å². The largest absolute Gasteiger partial charge is 0.508 e. The Morgan fingerprint density at radius 3 is 2.69 bits per heavy atom. The Morgan fingerprint density at radius 1 is 1.54 bits per heavy atom. The standard InChI is InChI=1S/C9H12FNO2/c1-5-2-6(12)3-7(9(5)10)8(13)4-11/h2-3,8,12-13H,4,11H2,1H3. The van der Waals surface area contributed by atoms with E-state index >= 15 is 0 Å². The molecule has 0 amide bonds. The van der Waals surface area contributed by atoms with Crippen molar-refractivity contribution in [2.45, 2.75) is 13.0 Å². The molecule has 1 atom stereocenters. The number of aliphatic hydroxyl groups excluding tert-OH is 1. The fourth-order valence-electron chi connectivity index (χ4n) is 1.15. The van der Waals surface area contributed by atoms with Crippen molar-refractivity contribution in [1.29, 1.82) is 0 Å². The van der Waals surface area contributed by atoms with Crippen molar-refractivity contribution in [3.8, 4) is 5.75 Å². The van der Waals surface area contributed by atoms with Gasteiger partial charge in [-0.2, -0.15) is 0 Å². The molecule has 0 bridgehead atoms. The summed E-state index contributed by atoms with van der Waals surface area (Å²) in [6, 6.07) is 2.47. The first-order valence-corrected chi connectivity index (χ1v) is 3.93. The van der Waals surface area contributed by atoms with E-state index in [0.717, 1.165) is 0 Å². The summed E-state index contributed by atoms with van der Waals surface area (Å²) in [6.07, 6.45) is -1.06. The van der Waals surface area contributed by atoms with Crippen molar-refractivity contribution in [2.75, 3.05) is 6.54 Å². The molecule has 1 aromatic carbocycles. The van der Waals surface area contributed by atoms with Crippen LogP contribution >= 0.6 is 0 Å². The van der Waals surface area contributed by atoms with Gasteiger partial charge in [0.05, 0.1) is 6.10 Å². The van der Waals surface area contributed by atoms with Crippen LogP contribution in [0.4, 0.5) is 4.39 Å². The summed E-state index contributed by atoms with van der Waals surface area (Å²) >= 11 is 0. The number of hydrogen-bond donors (Lipinski definition) is 3. The van der Waals surface area contributed by atoms with Crippen LogP contribution in [0.25, 0.3) is 0 Å². The Morgan fingerprint density at radius 2 is 2.15 bits per heavy atom. The van der Waals surface area contributed by atoms with Gasteiger partial charge in [0.15, 0.2) is 0 Å². The van der Waals surface area contributed by atoms with E-state index in [1.165, 1.54) is 19.1 Å². The number of phenolic OH excluding ortho intramolecular Hbond substituents is 1. The van der Waals surface area contributed by atoms with Gasteiger partial charge in [-0.05, 0) is 24.6 Å². The Bertz CT molecular complexity index is 315. The van der Waals surface area contributed by atoms with Crippen LogP contribution in [0.2, 0.25) is 0 Å². The highest BCUT2D eigenvalue weighted by Crippen LogP contribution is 2.24. The summed E-state index contributed by atoms with van der Waals surface area (Å²) < 4.78 is 13.3. The molecule has 1 aromatic rings. The molecule has 0 saturated carbocycles. The topological polar surface area (TPSA) is 66.5 Å². The first-order chi connectivity index (χ1) is 6.06. The van der Waals surface area contributed by atoms with E-state index in [9.17, 15) is 9.50 Å². The molecule has 1 rings (SSSR count). The fraction of sp³-hybridized carbons (Fsp3) is 0.333. The Hall–Kier alpha value is -1.13. The number of aryl methyl sites for hydroxylation is 1. The highest BCUT2D eigenvalue weighted by atomic mass is 19.1. The van der Waals surface area contributed by atoms with Crippen LogP contribution < -0.4 is 5.73 Å². The lowest BCUT2D eigenvalue weighted by molar-refractivity contribution is 0.181. The molecular formula is C9H12FNO2. The van der Waals surface area contributed by atoms with Gasteiger partial charge in [0, 0.05) is 12.1 Å². The van der Waals surface area contributed by atoms with Crippen molar-refractivity contribution in [3.05, 3.63) is 29.1 Å². The number of benzene rings is 1. The highest BCUT2D eigenvalue weighted by Gasteiger charge is 2.14. The maximum absolute atomic E-state index is 13.3. The van der Waals surface area contributed by atoms with Crippen LogP contribution in [0.5, 0.6) is 5.75 Å². The first-order valence-electron chi connectivity index (χ1n) is 3.93. The van der Waals surface area contributed by atoms with E-state index in [1.54, 1.807) is 0 Å². The molecule has 0 spiro atoms. The van der Waals surface area contributed by atoms with E-state index < -0.39 is 11.9 Å². The van der Waals surface area contributed by atoms with Crippen molar-refractivity contribution in [3.63, 3.8) is 0 Å². The molecule has 3 nitrogen and oxygen atoms in total. The van der Waals surface area contributed by atoms with Gasteiger partial charge in [0.2, 0.25) is 0 Å². The predicted octanol–water partition coefficient (Wildman–Crippen LogP) is 0.832. The third kappa shape index (κ3) is 1.96. The van der Waals surface area contributed by atoms with Gasteiger partial charge < -0.3 is 15.9 Å². The highest BCUT2D eigenvalue weighted by molar-refractivity contribution is 5.35. The minimum absolute atomic E-state index is 0.0417. The van der Waals surface area contributed by atoms with E-state index in [4.69, 9.17) is 10.8 Å². The second-order valence-electron chi connectivity index (χ2n) is 2.92. The zero-order chi connectivity index (χ0) is 10.0. The molecule has 0 saturated heterocycles. The summed E-state index contributed by atoms with van der Waals surface area (Å²) in [5.41, 5.74) is 5.51. The number of aromatic hydroxyl groups is 1. The van der Waals surface area contributed by atoms with Crippen LogP contribution in [-0.4, -0.2) is 16.8 Å². The molecule has 72 valence electrons. The van der Waals surface area contributed by atoms with Gasteiger partial charge in [-0.25, -0.2) is 4.39 Å². The van der Waals surface area contributed by atoms with Crippen LogP contribution in [0.15, 0.2) is 12.1 Å². The van der Waals surface area contributed by atoms with Gasteiger partial charge in [-0.1, -0.05) is 0 Å². The summed E-state index contributed by atoms with van der Waals surface area (Å²) in [7, 11) is 0. The Balaban J connectivity index is 3.20. The second-order valence-corrected chi connectivity index (χ2v) is 2.92. The lowest BCUT2D eigenvalue weighted by Gasteiger charge is -2.11. The summed E-state index contributed by atoms with van der Waals surface area (Å²) in [5, 5.41) is 18.4. The average Bonchev–Trinajstić information content (AvgIpc) is 2.10. The number of nitrogens with two attached hydrogens (primary N) is 1. The summed E-state index contributed by atoms with van der Waals surface area (Å²) in [6.45, 7) is 1.45. The van der Waals surface area contributed by atoms with Gasteiger partial charge in [-0.15, -0.1) is 0 Å². The number of rotatable bonds is 2. The predicted molar refractivity (Wildman–Crippen MR) is 46.8 cm³/mol. The minimum Gasteiger partial charge on any atom is -0.508 e. The number of hydrogen-bond acceptors (Lipinski definition) is 3. The SMILES string of the molecule is Cc1cc(O)cc(C(O)CN)c1F. The molecule has 13 heavy (non-hydrogen) atoms. The number of phenols is 1. The second kappa shape index (κ2) is 3.72. The van der Waals surface area contributed by atoms with Crippen molar-refractivity contribution < 1.29 is 14.6 Å². The van der Waals surface area contributed by atoms with E-state index in [2.05, 4.69) is 0 Å². The summed E-state index contributed by atoms with van der Waals surface area (Å²) in [4.78, 5) is 0. The van der Waals surface area contributed by atoms with Crippen LogP contribution in [0.1, 0.15) is 17.2 Å². The average molecular weight is 185 g/mol. The maximum atomic E-state index is 13.3. The van der Waals surface area contributed by atoms with E-state index in [-0.39, 0.29) is 17.9 Å². The van der Waals surface area contributed by atoms with Crippen molar-refractivity contribution >= 4 is 0 Å². The van der Waals surface area contributed by atoms with Gasteiger partial charge in [0.25, 0.3) is 0 Å². The number of halogens is 1. The number of aliphatic hydroxyl groups is 1.